The number of ether oxygens (including phenoxy) is 1. The van der Waals surface area contributed by atoms with Crippen molar-refractivity contribution in [3.8, 4) is 0 Å². The van der Waals surface area contributed by atoms with Crippen LogP contribution in [0.3, 0.4) is 0 Å². The molecule has 5 nitrogen and oxygen atoms in total. The van der Waals surface area contributed by atoms with Crippen LogP contribution in [0.2, 0.25) is 0 Å². The molecule has 0 radical (unpaired) electrons. The van der Waals surface area contributed by atoms with E-state index in [1.165, 1.54) is 0 Å². The minimum absolute atomic E-state index is 0.0930. The Bertz CT molecular complexity index is 317. The molecule has 0 aliphatic carbocycles. The maximum Gasteiger partial charge on any atom is 0.0964 e. The average Bonchev–Trinajstić information content (AvgIpc) is 2.63. The van der Waals surface area contributed by atoms with Crippen molar-refractivity contribution in [3.05, 3.63) is 11.9 Å². The Hall–Kier alpha value is -0.940. The summed E-state index contributed by atoms with van der Waals surface area (Å²) in [4.78, 5) is 0. The zero-order valence-electron chi connectivity index (χ0n) is 9.36. The Balaban J connectivity index is 1.86. The van der Waals surface area contributed by atoms with Crippen molar-refractivity contribution < 1.29 is 4.74 Å². The number of aromatic nitrogens is 3. The predicted molar refractivity (Wildman–Crippen MR) is 56.3 cm³/mol. The molecule has 0 aromatic carbocycles. The summed E-state index contributed by atoms with van der Waals surface area (Å²) >= 11 is 0. The van der Waals surface area contributed by atoms with Gasteiger partial charge in [-0.2, -0.15) is 0 Å². The van der Waals surface area contributed by atoms with Crippen LogP contribution in [-0.4, -0.2) is 33.7 Å². The van der Waals surface area contributed by atoms with Crippen molar-refractivity contribution in [1.29, 1.82) is 0 Å². The van der Waals surface area contributed by atoms with Gasteiger partial charge in [-0.1, -0.05) is 5.21 Å². The molecular formula is C10H18N4O. The van der Waals surface area contributed by atoms with E-state index in [-0.39, 0.29) is 5.54 Å². The van der Waals surface area contributed by atoms with E-state index in [0.717, 1.165) is 38.3 Å². The van der Waals surface area contributed by atoms with E-state index in [1.807, 2.05) is 13.2 Å². The van der Waals surface area contributed by atoms with E-state index >= 15 is 0 Å². The van der Waals surface area contributed by atoms with E-state index in [4.69, 9.17) is 4.74 Å². The first kappa shape index (κ1) is 10.6. The number of nitrogens with zero attached hydrogens (tertiary/aromatic N) is 3. The van der Waals surface area contributed by atoms with Gasteiger partial charge < -0.3 is 10.1 Å². The molecule has 1 aliphatic heterocycles. The van der Waals surface area contributed by atoms with Crippen LogP contribution in [0.5, 0.6) is 0 Å². The maximum atomic E-state index is 5.47. The fraction of sp³-hybridized carbons (Fsp3) is 0.800. The fourth-order valence-corrected chi connectivity index (χ4v) is 1.85. The Morgan fingerprint density at radius 2 is 2.53 bits per heavy atom. The predicted octanol–water partition coefficient (Wildman–Crippen LogP) is 0.474. The molecule has 1 aromatic heterocycles. The molecule has 0 bridgehead atoms. The van der Waals surface area contributed by atoms with E-state index < -0.39 is 0 Å². The lowest BCUT2D eigenvalue weighted by molar-refractivity contribution is 0.0276. The average molecular weight is 210 g/mol. The molecule has 84 valence electrons. The summed E-state index contributed by atoms with van der Waals surface area (Å²) in [5.74, 6) is 0. The summed E-state index contributed by atoms with van der Waals surface area (Å²) in [5.41, 5.74) is 1.07. The highest BCUT2D eigenvalue weighted by atomic mass is 16.5. The molecule has 1 aliphatic rings. The number of hydrogen-bond donors (Lipinski definition) is 1. The van der Waals surface area contributed by atoms with Gasteiger partial charge in [0.15, 0.2) is 0 Å². The van der Waals surface area contributed by atoms with Gasteiger partial charge in [0.05, 0.1) is 12.3 Å². The molecule has 2 rings (SSSR count). The summed E-state index contributed by atoms with van der Waals surface area (Å²) in [7, 11) is 1.88. The Morgan fingerprint density at radius 1 is 1.67 bits per heavy atom. The molecule has 2 heterocycles. The van der Waals surface area contributed by atoms with Crippen LogP contribution in [0.1, 0.15) is 25.5 Å². The molecule has 15 heavy (non-hydrogen) atoms. The lowest BCUT2D eigenvalue weighted by Crippen LogP contribution is -2.48. The van der Waals surface area contributed by atoms with Crippen LogP contribution in [0.25, 0.3) is 0 Å². The smallest absolute Gasteiger partial charge is 0.0964 e. The third-order valence-electron chi connectivity index (χ3n) is 2.78. The molecular weight excluding hydrogens is 192 g/mol. The molecule has 0 spiro atoms. The second kappa shape index (κ2) is 4.28. The standard InChI is InChI=1S/C10H18N4O/c1-10(4-3-5-15-8-10)11-6-9-7-14(2)13-12-9/h7,11H,3-6,8H2,1-2H3. The second-order valence-electron chi connectivity index (χ2n) is 4.45. The molecule has 1 fully saturated rings. The monoisotopic (exact) mass is 210 g/mol. The van der Waals surface area contributed by atoms with Gasteiger partial charge in [0.25, 0.3) is 0 Å². The van der Waals surface area contributed by atoms with Crippen LogP contribution < -0.4 is 5.32 Å². The maximum absolute atomic E-state index is 5.47. The highest BCUT2D eigenvalue weighted by Crippen LogP contribution is 2.18. The Labute approximate surface area is 89.8 Å². The van der Waals surface area contributed by atoms with Crippen molar-refractivity contribution in [1.82, 2.24) is 20.3 Å². The zero-order valence-corrected chi connectivity index (χ0v) is 9.36. The zero-order chi connectivity index (χ0) is 10.7. The lowest BCUT2D eigenvalue weighted by atomic mass is 9.95. The fourth-order valence-electron chi connectivity index (χ4n) is 1.85. The largest absolute Gasteiger partial charge is 0.380 e. The molecule has 1 unspecified atom stereocenters. The highest BCUT2D eigenvalue weighted by molar-refractivity contribution is 4.94. The summed E-state index contributed by atoms with van der Waals surface area (Å²) in [6.45, 7) is 4.63. The van der Waals surface area contributed by atoms with Crippen molar-refractivity contribution in [2.45, 2.75) is 31.8 Å². The van der Waals surface area contributed by atoms with Crippen molar-refractivity contribution >= 4 is 0 Å². The molecule has 1 N–H and O–H groups in total. The number of nitrogens with one attached hydrogen (secondary N) is 1. The summed E-state index contributed by atoms with van der Waals surface area (Å²) in [6.07, 6.45) is 4.22. The van der Waals surface area contributed by atoms with E-state index in [0.29, 0.717) is 0 Å². The molecule has 1 atom stereocenters. The number of aryl methyl sites for hydroxylation is 1. The second-order valence-corrected chi connectivity index (χ2v) is 4.45. The third kappa shape index (κ3) is 2.76. The van der Waals surface area contributed by atoms with Crippen molar-refractivity contribution in [2.75, 3.05) is 13.2 Å². The first-order chi connectivity index (χ1) is 7.18. The Kier molecular flexibility index (Phi) is 3.02. The van der Waals surface area contributed by atoms with E-state index in [1.54, 1.807) is 4.68 Å². The van der Waals surface area contributed by atoms with Gasteiger partial charge in [-0.05, 0) is 19.8 Å². The Morgan fingerprint density at radius 3 is 3.13 bits per heavy atom. The first-order valence-corrected chi connectivity index (χ1v) is 5.36. The first-order valence-electron chi connectivity index (χ1n) is 5.36. The summed E-state index contributed by atoms with van der Waals surface area (Å²) < 4.78 is 7.19. The van der Waals surface area contributed by atoms with E-state index in [9.17, 15) is 0 Å². The van der Waals surface area contributed by atoms with Crippen molar-refractivity contribution in [3.63, 3.8) is 0 Å². The molecule has 0 amide bonds. The topological polar surface area (TPSA) is 52.0 Å². The van der Waals surface area contributed by atoms with Gasteiger partial charge in [-0.15, -0.1) is 5.10 Å². The van der Waals surface area contributed by atoms with Gasteiger partial charge >= 0.3 is 0 Å². The quantitative estimate of drug-likeness (QED) is 0.788. The number of hydrogen-bond acceptors (Lipinski definition) is 4. The van der Waals surface area contributed by atoms with Gasteiger partial charge in [0.1, 0.15) is 0 Å². The van der Waals surface area contributed by atoms with Gasteiger partial charge in [-0.3, -0.25) is 4.68 Å². The number of rotatable bonds is 3. The van der Waals surface area contributed by atoms with Crippen LogP contribution in [0, 0.1) is 0 Å². The molecule has 0 saturated carbocycles. The lowest BCUT2D eigenvalue weighted by Gasteiger charge is -2.34. The van der Waals surface area contributed by atoms with Crippen LogP contribution in [0.15, 0.2) is 6.20 Å². The summed E-state index contributed by atoms with van der Waals surface area (Å²) in [5, 5.41) is 11.4. The summed E-state index contributed by atoms with van der Waals surface area (Å²) in [6, 6.07) is 0. The van der Waals surface area contributed by atoms with Gasteiger partial charge in [0, 0.05) is 31.9 Å². The van der Waals surface area contributed by atoms with Gasteiger partial charge in [0.2, 0.25) is 0 Å². The molecule has 1 aromatic rings. The molecule has 1 saturated heterocycles. The van der Waals surface area contributed by atoms with Crippen molar-refractivity contribution in [2.24, 2.45) is 7.05 Å². The minimum atomic E-state index is 0.0930. The highest BCUT2D eigenvalue weighted by Gasteiger charge is 2.26. The van der Waals surface area contributed by atoms with Crippen LogP contribution in [0.4, 0.5) is 0 Å². The SMILES string of the molecule is Cn1cc(CNC2(C)CCCOC2)nn1. The van der Waals surface area contributed by atoms with E-state index in [2.05, 4.69) is 22.6 Å². The third-order valence-corrected chi connectivity index (χ3v) is 2.78. The molecule has 5 heteroatoms. The van der Waals surface area contributed by atoms with Crippen LogP contribution in [-0.2, 0) is 18.3 Å². The normalized spacial score (nSPS) is 26.8. The minimum Gasteiger partial charge on any atom is -0.380 e. The van der Waals surface area contributed by atoms with Gasteiger partial charge in [-0.25, -0.2) is 0 Å². The van der Waals surface area contributed by atoms with Crippen LogP contribution >= 0.6 is 0 Å².